The van der Waals surface area contributed by atoms with E-state index in [0.717, 1.165) is 12.8 Å². The van der Waals surface area contributed by atoms with E-state index >= 15 is 0 Å². The second-order valence-corrected chi connectivity index (χ2v) is 3.43. The Morgan fingerprint density at radius 3 is 2.46 bits per heavy atom. The van der Waals surface area contributed by atoms with Gasteiger partial charge in [0.05, 0.1) is 18.8 Å². The van der Waals surface area contributed by atoms with Crippen LogP contribution in [-0.4, -0.2) is 18.3 Å². The van der Waals surface area contributed by atoms with Crippen molar-refractivity contribution in [1.29, 1.82) is 0 Å². The van der Waals surface area contributed by atoms with Crippen LogP contribution in [0, 0.1) is 0 Å². The second-order valence-electron chi connectivity index (χ2n) is 3.43. The summed E-state index contributed by atoms with van der Waals surface area (Å²) in [5.74, 6) is 0. The maximum absolute atomic E-state index is 8.68. The fourth-order valence-electron chi connectivity index (χ4n) is 1.61. The van der Waals surface area contributed by atoms with E-state index in [-0.39, 0.29) is 12.2 Å². The van der Waals surface area contributed by atoms with Crippen LogP contribution in [-0.2, 0) is 10.3 Å². The van der Waals surface area contributed by atoms with Crippen LogP contribution >= 0.6 is 0 Å². The smallest absolute Gasteiger partial charge is 0.0934 e. The van der Waals surface area contributed by atoms with Gasteiger partial charge in [-0.2, -0.15) is 0 Å². The molecule has 0 heterocycles. The monoisotopic (exact) mass is 178 g/mol. The molecule has 2 rings (SSSR count). The Hall–Kier alpha value is -0.860. The first-order valence-corrected chi connectivity index (χ1v) is 4.68. The zero-order valence-corrected chi connectivity index (χ0v) is 7.57. The molecule has 0 aliphatic heterocycles. The number of aliphatic hydroxyl groups is 1. The van der Waals surface area contributed by atoms with Crippen molar-refractivity contribution in [2.45, 2.75) is 18.4 Å². The van der Waals surface area contributed by atoms with Gasteiger partial charge in [-0.25, -0.2) is 0 Å². The summed E-state index contributed by atoms with van der Waals surface area (Å²) in [5.41, 5.74) is 1.17. The minimum Gasteiger partial charge on any atom is -0.394 e. The van der Waals surface area contributed by atoms with Gasteiger partial charge in [0, 0.05) is 0 Å². The first kappa shape index (κ1) is 8.73. The van der Waals surface area contributed by atoms with E-state index in [1.807, 2.05) is 18.2 Å². The topological polar surface area (TPSA) is 29.5 Å². The van der Waals surface area contributed by atoms with Crippen LogP contribution in [0.3, 0.4) is 0 Å². The molecule has 0 atom stereocenters. The fourth-order valence-corrected chi connectivity index (χ4v) is 1.61. The van der Waals surface area contributed by atoms with Gasteiger partial charge in [-0.1, -0.05) is 30.3 Å². The SMILES string of the molecule is OCCOC1(c2ccccc2)CC1. The molecule has 0 spiro atoms. The molecule has 1 aromatic carbocycles. The normalized spacial score (nSPS) is 18.5. The molecule has 2 nitrogen and oxygen atoms in total. The molecule has 1 aromatic rings. The fraction of sp³-hybridized carbons (Fsp3) is 0.455. The Balaban J connectivity index is 2.07. The molecule has 2 heteroatoms. The largest absolute Gasteiger partial charge is 0.394 e. The lowest BCUT2D eigenvalue weighted by Crippen LogP contribution is -2.14. The molecule has 1 fully saturated rings. The Morgan fingerprint density at radius 1 is 1.23 bits per heavy atom. The lowest BCUT2D eigenvalue weighted by atomic mass is 10.1. The maximum Gasteiger partial charge on any atom is 0.0934 e. The molecular formula is C11H14O2. The first-order valence-electron chi connectivity index (χ1n) is 4.68. The van der Waals surface area contributed by atoms with E-state index in [4.69, 9.17) is 9.84 Å². The molecule has 0 amide bonds. The second kappa shape index (κ2) is 3.48. The number of rotatable bonds is 4. The lowest BCUT2D eigenvalue weighted by molar-refractivity contribution is 0.00831. The third-order valence-corrected chi connectivity index (χ3v) is 2.47. The molecule has 1 saturated carbocycles. The van der Waals surface area contributed by atoms with Crippen LogP contribution in [0.2, 0.25) is 0 Å². The Kier molecular flexibility index (Phi) is 2.34. The van der Waals surface area contributed by atoms with Gasteiger partial charge in [0.25, 0.3) is 0 Å². The zero-order valence-electron chi connectivity index (χ0n) is 7.57. The average Bonchev–Trinajstić information content (AvgIpc) is 2.97. The van der Waals surface area contributed by atoms with Gasteiger partial charge in [0.15, 0.2) is 0 Å². The molecule has 1 aliphatic carbocycles. The van der Waals surface area contributed by atoms with E-state index in [9.17, 15) is 0 Å². The highest BCUT2D eigenvalue weighted by Gasteiger charge is 2.45. The van der Waals surface area contributed by atoms with Gasteiger partial charge in [0.1, 0.15) is 0 Å². The van der Waals surface area contributed by atoms with Crippen molar-refractivity contribution < 1.29 is 9.84 Å². The molecule has 0 unspecified atom stereocenters. The summed E-state index contributed by atoms with van der Waals surface area (Å²) in [6.07, 6.45) is 2.16. The van der Waals surface area contributed by atoms with Crippen molar-refractivity contribution in [3.63, 3.8) is 0 Å². The van der Waals surface area contributed by atoms with E-state index in [0.29, 0.717) is 6.61 Å². The van der Waals surface area contributed by atoms with Crippen LogP contribution in [0.15, 0.2) is 30.3 Å². The highest BCUT2D eigenvalue weighted by molar-refractivity contribution is 5.27. The predicted molar refractivity (Wildman–Crippen MR) is 50.4 cm³/mol. The quantitative estimate of drug-likeness (QED) is 0.760. The minimum absolute atomic E-state index is 0.0655. The summed E-state index contributed by atoms with van der Waals surface area (Å²) < 4.78 is 5.63. The number of hydrogen-bond donors (Lipinski definition) is 1. The molecule has 0 saturated heterocycles. The summed E-state index contributed by atoms with van der Waals surface area (Å²) >= 11 is 0. The summed E-state index contributed by atoms with van der Waals surface area (Å²) in [4.78, 5) is 0. The van der Waals surface area contributed by atoms with Crippen LogP contribution in [0.5, 0.6) is 0 Å². The summed E-state index contributed by atoms with van der Waals surface area (Å²) in [6.45, 7) is 0.545. The predicted octanol–water partition coefficient (Wildman–Crippen LogP) is 1.68. The Labute approximate surface area is 78.2 Å². The van der Waals surface area contributed by atoms with Gasteiger partial charge in [-0.3, -0.25) is 0 Å². The third kappa shape index (κ3) is 1.74. The van der Waals surface area contributed by atoms with Gasteiger partial charge in [0.2, 0.25) is 0 Å². The van der Waals surface area contributed by atoms with Crippen LogP contribution in [0.25, 0.3) is 0 Å². The zero-order chi connectivity index (χ0) is 9.15. The van der Waals surface area contributed by atoms with Crippen molar-refractivity contribution >= 4 is 0 Å². The van der Waals surface area contributed by atoms with Crippen molar-refractivity contribution in [2.75, 3.05) is 13.2 Å². The summed E-state index contributed by atoms with van der Waals surface area (Å²) in [5, 5.41) is 8.68. The maximum atomic E-state index is 8.68. The molecule has 1 N–H and O–H groups in total. The molecule has 0 bridgehead atoms. The van der Waals surface area contributed by atoms with E-state index in [2.05, 4.69) is 12.1 Å². The molecule has 0 aromatic heterocycles. The van der Waals surface area contributed by atoms with Gasteiger partial charge >= 0.3 is 0 Å². The van der Waals surface area contributed by atoms with E-state index in [1.54, 1.807) is 0 Å². The van der Waals surface area contributed by atoms with Crippen molar-refractivity contribution in [3.05, 3.63) is 35.9 Å². The number of hydrogen-bond acceptors (Lipinski definition) is 2. The summed E-state index contributed by atoms with van der Waals surface area (Å²) in [7, 11) is 0. The van der Waals surface area contributed by atoms with Crippen LogP contribution in [0.4, 0.5) is 0 Å². The number of ether oxygens (including phenoxy) is 1. The van der Waals surface area contributed by atoms with Crippen molar-refractivity contribution in [1.82, 2.24) is 0 Å². The molecule has 1 aliphatic rings. The van der Waals surface area contributed by atoms with Gasteiger partial charge in [-0.15, -0.1) is 0 Å². The number of aliphatic hydroxyl groups excluding tert-OH is 1. The lowest BCUT2D eigenvalue weighted by Gasteiger charge is -2.15. The average molecular weight is 178 g/mol. The van der Waals surface area contributed by atoms with Gasteiger partial charge < -0.3 is 9.84 Å². The molecule has 70 valence electrons. The highest BCUT2D eigenvalue weighted by atomic mass is 16.5. The Morgan fingerprint density at radius 2 is 1.92 bits per heavy atom. The minimum atomic E-state index is -0.0655. The number of benzene rings is 1. The van der Waals surface area contributed by atoms with E-state index in [1.165, 1.54) is 5.56 Å². The van der Waals surface area contributed by atoms with Gasteiger partial charge in [-0.05, 0) is 18.4 Å². The van der Waals surface area contributed by atoms with Crippen molar-refractivity contribution in [3.8, 4) is 0 Å². The van der Waals surface area contributed by atoms with E-state index < -0.39 is 0 Å². The summed E-state index contributed by atoms with van der Waals surface area (Å²) in [6, 6.07) is 10.2. The van der Waals surface area contributed by atoms with Crippen LogP contribution < -0.4 is 0 Å². The first-order chi connectivity index (χ1) is 6.37. The van der Waals surface area contributed by atoms with Crippen LogP contribution in [0.1, 0.15) is 18.4 Å². The molecular weight excluding hydrogens is 164 g/mol. The third-order valence-electron chi connectivity index (χ3n) is 2.47. The molecule has 0 radical (unpaired) electrons. The Bertz CT molecular complexity index is 265. The van der Waals surface area contributed by atoms with Crippen molar-refractivity contribution in [2.24, 2.45) is 0 Å². The molecule has 13 heavy (non-hydrogen) atoms. The highest BCUT2D eigenvalue weighted by Crippen LogP contribution is 2.48. The standard InChI is InChI=1S/C11H14O2/c12-8-9-13-11(6-7-11)10-4-2-1-3-5-10/h1-5,12H,6-9H2.